The van der Waals surface area contributed by atoms with Gasteiger partial charge in [0.1, 0.15) is 5.69 Å². The molecule has 29 heavy (non-hydrogen) atoms. The number of carbonyl (C=O) groups is 1. The highest BCUT2D eigenvalue weighted by molar-refractivity contribution is 6.31. The maximum absolute atomic E-state index is 14.3. The zero-order chi connectivity index (χ0) is 20.8. The Labute approximate surface area is 169 Å². The molecule has 2 heterocycles. The van der Waals surface area contributed by atoms with Gasteiger partial charge in [0.25, 0.3) is 5.91 Å². The number of benzene rings is 1. The van der Waals surface area contributed by atoms with Crippen LogP contribution in [-0.2, 0) is 0 Å². The number of hydrogen-bond acceptors (Lipinski definition) is 3. The Balaban J connectivity index is 1.87. The number of nitrogens with one attached hydrogen (secondary N) is 1. The molecule has 8 heteroatoms. The Bertz CT molecular complexity index is 1160. The number of primary amides is 1. The molecule has 1 amide bonds. The molecular weight excluding hydrogens is 400 g/mol. The van der Waals surface area contributed by atoms with E-state index in [0.717, 1.165) is 5.56 Å². The van der Waals surface area contributed by atoms with Crippen molar-refractivity contribution in [3.05, 3.63) is 74.8 Å². The lowest BCUT2D eigenvalue weighted by molar-refractivity contribution is -0.0464. The maximum atomic E-state index is 14.3. The van der Waals surface area contributed by atoms with Crippen LogP contribution in [0, 0.1) is 0 Å². The predicted molar refractivity (Wildman–Crippen MR) is 107 cm³/mol. The van der Waals surface area contributed by atoms with Crippen molar-refractivity contribution in [2.75, 3.05) is 0 Å². The van der Waals surface area contributed by atoms with E-state index in [-0.39, 0.29) is 29.8 Å². The lowest BCUT2D eigenvalue weighted by Crippen LogP contribution is -2.31. The number of aromatic nitrogens is 2. The summed E-state index contributed by atoms with van der Waals surface area (Å²) < 4.78 is 28.6. The summed E-state index contributed by atoms with van der Waals surface area (Å²) in [5.41, 5.74) is 6.18. The second-order valence-corrected chi connectivity index (χ2v) is 7.78. The summed E-state index contributed by atoms with van der Waals surface area (Å²) in [5, 5.41) is 0.566. The Hall–Kier alpha value is -2.80. The van der Waals surface area contributed by atoms with Crippen molar-refractivity contribution in [2.24, 2.45) is 5.73 Å². The second kappa shape index (κ2) is 7.22. The minimum atomic E-state index is -2.84. The van der Waals surface area contributed by atoms with E-state index in [2.05, 4.69) is 9.97 Å². The van der Waals surface area contributed by atoms with E-state index in [1.165, 1.54) is 18.3 Å². The summed E-state index contributed by atoms with van der Waals surface area (Å²) in [4.78, 5) is 31.3. The van der Waals surface area contributed by atoms with Crippen LogP contribution < -0.4 is 11.2 Å². The highest BCUT2D eigenvalue weighted by Gasteiger charge is 2.43. The smallest absolute Gasteiger partial charge is 0.268 e. The topological polar surface area (TPSA) is 88.8 Å². The van der Waals surface area contributed by atoms with Gasteiger partial charge in [-0.05, 0) is 30.0 Å². The summed E-state index contributed by atoms with van der Waals surface area (Å²) in [6.07, 6.45) is 0.943. The summed E-state index contributed by atoms with van der Waals surface area (Å²) in [7, 11) is 0. The first-order valence-corrected chi connectivity index (χ1v) is 9.58. The zero-order valence-corrected chi connectivity index (χ0v) is 16.0. The summed E-state index contributed by atoms with van der Waals surface area (Å²) in [5.74, 6) is -4.58. The normalized spacial score (nSPS) is 21.2. The van der Waals surface area contributed by atoms with Crippen LogP contribution in [0.3, 0.4) is 0 Å². The molecule has 1 saturated carbocycles. The number of amides is 1. The average molecular weight is 418 g/mol. The van der Waals surface area contributed by atoms with Gasteiger partial charge in [-0.15, -0.1) is 0 Å². The van der Waals surface area contributed by atoms with Crippen LogP contribution in [0.2, 0.25) is 5.02 Å². The molecule has 3 N–H and O–H groups in total. The molecule has 1 aromatic carbocycles. The largest absolute Gasteiger partial charge is 0.364 e. The summed E-state index contributed by atoms with van der Waals surface area (Å²) >= 11 is 6.34. The molecule has 0 saturated heterocycles. The molecule has 1 aliphatic carbocycles. The van der Waals surface area contributed by atoms with Gasteiger partial charge in [-0.3, -0.25) is 14.6 Å². The van der Waals surface area contributed by atoms with Crippen molar-refractivity contribution in [3.63, 3.8) is 0 Å². The minimum absolute atomic E-state index is 0.0561. The minimum Gasteiger partial charge on any atom is -0.364 e. The van der Waals surface area contributed by atoms with Gasteiger partial charge in [0.2, 0.25) is 5.92 Å². The van der Waals surface area contributed by atoms with E-state index in [9.17, 15) is 18.4 Å². The van der Waals surface area contributed by atoms with E-state index in [1.54, 1.807) is 12.1 Å². The third kappa shape index (κ3) is 3.62. The van der Waals surface area contributed by atoms with Crippen LogP contribution in [0.1, 0.15) is 52.8 Å². The van der Waals surface area contributed by atoms with Gasteiger partial charge in [-0.25, -0.2) is 8.78 Å². The SMILES string of the molecule is NC(=O)c1nccc2[nH]c(C3CC(F)(F)CC[C@H]3c3ccccc3Cl)cc(=O)c12. The molecule has 5 nitrogen and oxygen atoms in total. The third-order valence-electron chi connectivity index (χ3n) is 5.53. The molecular formula is C21H18ClF2N3O2. The van der Waals surface area contributed by atoms with Gasteiger partial charge >= 0.3 is 0 Å². The maximum Gasteiger partial charge on any atom is 0.268 e. The second-order valence-electron chi connectivity index (χ2n) is 7.37. The van der Waals surface area contributed by atoms with Gasteiger partial charge in [-0.2, -0.15) is 0 Å². The fraction of sp³-hybridized carbons (Fsp3) is 0.286. The molecule has 0 aliphatic heterocycles. The van der Waals surface area contributed by atoms with Crippen molar-refractivity contribution < 1.29 is 13.6 Å². The highest BCUT2D eigenvalue weighted by Crippen LogP contribution is 2.50. The standard InChI is InChI=1S/C21H18ClF2N3O2/c22-14-4-2-1-3-12(14)11-5-7-21(23,24)10-13(11)16-9-17(28)18-15(27-16)6-8-26-19(18)20(25)29/h1-4,6,8-9,11,13H,5,7,10H2,(H2,25,29)(H,27,28)/t11-,13?/m0/s1. The molecule has 0 radical (unpaired) electrons. The van der Waals surface area contributed by atoms with Gasteiger partial charge < -0.3 is 10.7 Å². The van der Waals surface area contributed by atoms with Crippen molar-refractivity contribution >= 4 is 28.4 Å². The fourth-order valence-electron chi connectivity index (χ4n) is 4.22. The van der Waals surface area contributed by atoms with Crippen LogP contribution >= 0.6 is 11.6 Å². The summed E-state index contributed by atoms with van der Waals surface area (Å²) in [6.45, 7) is 0. The van der Waals surface area contributed by atoms with Gasteiger partial charge in [0, 0.05) is 41.7 Å². The summed E-state index contributed by atoms with van der Waals surface area (Å²) in [6, 6.07) is 9.96. The first-order chi connectivity index (χ1) is 13.8. The van der Waals surface area contributed by atoms with Crippen molar-refractivity contribution in [3.8, 4) is 0 Å². The van der Waals surface area contributed by atoms with Crippen LogP contribution in [-0.4, -0.2) is 21.8 Å². The number of aromatic amines is 1. The van der Waals surface area contributed by atoms with Crippen molar-refractivity contribution in [1.29, 1.82) is 0 Å². The van der Waals surface area contributed by atoms with Gasteiger partial charge in [-0.1, -0.05) is 29.8 Å². The van der Waals surface area contributed by atoms with Crippen LogP contribution in [0.5, 0.6) is 0 Å². The quantitative estimate of drug-likeness (QED) is 0.663. The van der Waals surface area contributed by atoms with E-state index in [4.69, 9.17) is 17.3 Å². The highest BCUT2D eigenvalue weighted by atomic mass is 35.5. The van der Waals surface area contributed by atoms with Crippen molar-refractivity contribution in [2.45, 2.75) is 37.0 Å². The zero-order valence-electron chi connectivity index (χ0n) is 15.3. The number of hydrogen-bond donors (Lipinski definition) is 2. The number of halogens is 3. The molecule has 0 spiro atoms. The Morgan fingerprint density at radius 1 is 1.24 bits per heavy atom. The number of carbonyl (C=O) groups excluding carboxylic acids is 1. The molecule has 3 aromatic rings. The average Bonchev–Trinajstić information content (AvgIpc) is 2.67. The lowest BCUT2D eigenvalue weighted by atomic mass is 9.72. The number of H-pyrrole nitrogens is 1. The lowest BCUT2D eigenvalue weighted by Gasteiger charge is -2.36. The van der Waals surface area contributed by atoms with E-state index < -0.39 is 29.6 Å². The molecule has 1 aliphatic rings. The monoisotopic (exact) mass is 417 g/mol. The first kappa shape index (κ1) is 19.5. The third-order valence-corrected chi connectivity index (χ3v) is 5.87. The van der Waals surface area contributed by atoms with Gasteiger partial charge in [0.05, 0.1) is 10.9 Å². The Morgan fingerprint density at radius 2 is 2.00 bits per heavy atom. The van der Waals surface area contributed by atoms with E-state index in [1.807, 2.05) is 12.1 Å². The molecule has 2 aromatic heterocycles. The Kier molecular flexibility index (Phi) is 4.86. The number of rotatable bonds is 3. The molecule has 150 valence electrons. The van der Waals surface area contributed by atoms with Crippen LogP contribution in [0.4, 0.5) is 8.78 Å². The number of nitrogens with two attached hydrogens (primary N) is 1. The van der Waals surface area contributed by atoms with E-state index in [0.29, 0.717) is 16.2 Å². The number of pyridine rings is 2. The molecule has 1 unspecified atom stereocenters. The molecule has 1 fully saturated rings. The number of nitrogens with zero attached hydrogens (tertiary/aromatic N) is 1. The predicted octanol–water partition coefficient (Wildman–Crippen LogP) is 4.36. The van der Waals surface area contributed by atoms with E-state index >= 15 is 0 Å². The molecule has 4 rings (SSSR count). The molecule has 2 atom stereocenters. The Morgan fingerprint density at radius 3 is 2.72 bits per heavy atom. The number of alkyl halides is 2. The fourth-order valence-corrected chi connectivity index (χ4v) is 4.49. The van der Waals surface area contributed by atoms with Crippen LogP contribution in [0.15, 0.2) is 47.4 Å². The first-order valence-electron chi connectivity index (χ1n) is 9.21. The van der Waals surface area contributed by atoms with Gasteiger partial charge in [0.15, 0.2) is 5.43 Å². The number of fused-ring (bicyclic) bond motifs is 1. The molecule has 0 bridgehead atoms. The van der Waals surface area contributed by atoms with Crippen LogP contribution in [0.25, 0.3) is 10.9 Å². The van der Waals surface area contributed by atoms with Crippen molar-refractivity contribution in [1.82, 2.24) is 9.97 Å².